The predicted molar refractivity (Wildman–Crippen MR) is 114 cm³/mol. The maximum Gasteiger partial charge on any atom is 0.420 e. The molecule has 3 aromatic rings. The average Bonchev–Trinajstić information content (AvgIpc) is 2.68. The molecule has 142 valence electrons. The Morgan fingerprint density at radius 3 is 1.82 bits per heavy atom. The van der Waals surface area contributed by atoms with Crippen molar-refractivity contribution >= 4 is 23.3 Å². The number of amides is 1. The monoisotopic (exact) mass is 372 g/mol. The molecule has 0 spiro atoms. The molecular weight excluding hydrogens is 348 g/mol. The van der Waals surface area contributed by atoms with Crippen molar-refractivity contribution in [1.82, 2.24) is 0 Å². The molecule has 1 amide bonds. The average molecular weight is 372 g/mol. The number of hydrogen-bond donors (Lipinski definition) is 0. The van der Waals surface area contributed by atoms with Gasteiger partial charge in [-0.2, -0.15) is 0 Å². The number of anilines is 1. The van der Waals surface area contributed by atoms with E-state index >= 15 is 0 Å². The number of aliphatic imine (C=N–C) groups is 1. The maximum absolute atomic E-state index is 13.2. The van der Waals surface area contributed by atoms with Crippen molar-refractivity contribution in [3.63, 3.8) is 0 Å². The second-order valence-electron chi connectivity index (χ2n) is 7.29. The highest BCUT2D eigenvalue weighted by Gasteiger charge is 2.28. The summed E-state index contributed by atoms with van der Waals surface area (Å²) < 4.78 is 5.70. The molecule has 0 aliphatic rings. The van der Waals surface area contributed by atoms with Crippen LogP contribution in [0, 0.1) is 0 Å². The third kappa shape index (κ3) is 5.07. The van der Waals surface area contributed by atoms with E-state index in [1.807, 2.05) is 112 Å². The van der Waals surface area contributed by atoms with Crippen molar-refractivity contribution in [2.24, 2.45) is 4.99 Å². The Kier molecular flexibility index (Phi) is 5.90. The van der Waals surface area contributed by atoms with Crippen LogP contribution in [0.4, 0.5) is 16.2 Å². The van der Waals surface area contributed by atoms with Crippen molar-refractivity contribution in [3.05, 3.63) is 96.6 Å². The van der Waals surface area contributed by atoms with Crippen molar-refractivity contribution in [1.29, 1.82) is 0 Å². The summed E-state index contributed by atoms with van der Waals surface area (Å²) in [6.07, 6.45) is -0.475. The summed E-state index contributed by atoms with van der Waals surface area (Å²) in [4.78, 5) is 19.5. The Morgan fingerprint density at radius 2 is 1.29 bits per heavy atom. The predicted octanol–water partition coefficient (Wildman–Crippen LogP) is 6.21. The molecule has 0 radical (unpaired) electrons. The van der Waals surface area contributed by atoms with Gasteiger partial charge in [0, 0.05) is 5.56 Å². The van der Waals surface area contributed by atoms with E-state index in [1.54, 1.807) is 0 Å². The van der Waals surface area contributed by atoms with Crippen LogP contribution < -0.4 is 4.90 Å². The molecule has 0 fully saturated rings. The Hall–Kier alpha value is -3.40. The van der Waals surface area contributed by atoms with E-state index in [-0.39, 0.29) is 0 Å². The van der Waals surface area contributed by atoms with Gasteiger partial charge in [-0.1, -0.05) is 66.7 Å². The second kappa shape index (κ2) is 8.53. The van der Waals surface area contributed by atoms with Crippen molar-refractivity contribution in [2.75, 3.05) is 4.90 Å². The van der Waals surface area contributed by atoms with Gasteiger partial charge in [-0.05, 0) is 45.0 Å². The van der Waals surface area contributed by atoms with Crippen LogP contribution in [0.25, 0.3) is 0 Å². The normalized spacial score (nSPS) is 11.8. The summed E-state index contributed by atoms with van der Waals surface area (Å²) in [6.45, 7) is 5.56. The van der Waals surface area contributed by atoms with Crippen LogP contribution in [-0.4, -0.2) is 17.5 Å². The van der Waals surface area contributed by atoms with Gasteiger partial charge in [0.05, 0.1) is 11.4 Å². The van der Waals surface area contributed by atoms with Crippen LogP contribution in [0.1, 0.15) is 26.3 Å². The number of carbonyl (C=O) groups is 1. The molecule has 0 atom stereocenters. The molecule has 4 nitrogen and oxygen atoms in total. The minimum Gasteiger partial charge on any atom is -0.443 e. The van der Waals surface area contributed by atoms with Crippen LogP contribution in [0.3, 0.4) is 0 Å². The van der Waals surface area contributed by atoms with Crippen LogP contribution in [0.5, 0.6) is 0 Å². The van der Waals surface area contributed by atoms with E-state index < -0.39 is 11.7 Å². The molecule has 0 heterocycles. The molecular formula is C24H24N2O2. The lowest BCUT2D eigenvalue weighted by atomic mass is 10.1. The van der Waals surface area contributed by atoms with Gasteiger partial charge in [0.25, 0.3) is 0 Å². The summed E-state index contributed by atoms with van der Waals surface area (Å²) >= 11 is 0. The van der Waals surface area contributed by atoms with E-state index in [9.17, 15) is 4.79 Å². The Morgan fingerprint density at radius 1 is 0.786 bits per heavy atom. The highest BCUT2D eigenvalue weighted by molar-refractivity contribution is 6.22. The van der Waals surface area contributed by atoms with Gasteiger partial charge in [0.1, 0.15) is 5.60 Å². The molecule has 0 unspecified atom stereocenters. The van der Waals surface area contributed by atoms with Crippen molar-refractivity contribution < 1.29 is 9.53 Å². The molecule has 3 rings (SSSR count). The minimum absolute atomic E-state index is 0.475. The summed E-state index contributed by atoms with van der Waals surface area (Å²) in [7, 11) is 0. The fourth-order valence-electron chi connectivity index (χ4n) is 2.65. The Bertz CT molecular complexity index is 931. The fraction of sp³-hybridized carbons (Fsp3) is 0.167. The standard InChI is InChI=1S/C24H24N2O2/c1-24(2,3)28-23(27)26(21-17-11-6-12-18-21)22(19-13-7-4-8-14-19)25-20-15-9-5-10-16-20/h4-18H,1-3H3. The summed E-state index contributed by atoms with van der Waals surface area (Å²) in [6, 6.07) is 28.6. The first-order chi connectivity index (χ1) is 13.4. The van der Waals surface area contributed by atoms with Crippen LogP contribution >= 0.6 is 0 Å². The number of hydrogen-bond acceptors (Lipinski definition) is 3. The Balaban J connectivity index is 2.16. The van der Waals surface area contributed by atoms with Gasteiger partial charge < -0.3 is 4.74 Å². The lowest BCUT2D eigenvalue weighted by Crippen LogP contribution is -2.41. The summed E-state index contributed by atoms with van der Waals surface area (Å²) in [5.74, 6) is 0.507. The molecule has 0 saturated heterocycles. The Labute approximate surface area is 166 Å². The van der Waals surface area contributed by atoms with Crippen LogP contribution in [0.15, 0.2) is 96.0 Å². The third-order valence-corrected chi connectivity index (χ3v) is 3.83. The molecule has 28 heavy (non-hydrogen) atoms. The van der Waals surface area contributed by atoms with Gasteiger partial charge in [-0.25, -0.2) is 14.7 Å². The zero-order valence-electron chi connectivity index (χ0n) is 16.4. The van der Waals surface area contributed by atoms with Gasteiger partial charge >= 0.3 is 6.09 Å². The molecule has 0 saturated carbocycles. The van der Waals surface area contributed by atoms with E-state index in [1.165, 1.54) is 4.90 Å². The van der Waals surface area contributed by atoms with Gasteiger partial charge in [-0.3, -0.25) is 0 Å². The first-order valence-electron chi connectivity index (χ1n) is 9.21. The van der Waals surface area contributed by atoms with Gasteiger partial charge in [-0.15, -0.1) is 0 Å². The molecule has 0 aliphatic carbocycles. The van der Waals surface area contributed by atoms with E-state index in [0.717, 1.165) is 11.3 Å². The minimum atomic E-state index is -0.626. The van der Waals surface area contributed by atoms with E-state index in [2.05, 4.69) is 0 Å². The number of amidine groups is 1. The number of carbonyl (C=O) groups excluding carboxylic acids is 1. The van der Waals surface area contributed by atoms with E-state index in [0.29, 0.717) is 11.5 Å². The first kappa shape index (κ1) is 19.4. The molecule has 0 aromatic heterocycles. The molecule has 3 aromatic carbocycles. The van der Waals surface area contributed by atoms with E-state index in [4.69, 9.17) is 9.73 Å². The van der Waals surface area contributed by atoms with Crippen LogP contribution in [0.2, 0.25) is 0 Å². The third-order valence-electron chi connectivity index (χ3n) is 3.83. The largest absolute Gasteiger partial charge is 0.443 e. The quantitative estimate of drug-likeness (QED) is 0.405. The molecule has 4 heteroatoms. The SMILES string of the molecule is CC(C)(C)OC(=O)N(C(=Nc1ccccc1)c1ccccc1)c1ccccc1. The summed E-state index contributed by atoms with van der Waals surface area (Å²) in [5.41, 5.74) is 1.64. The van der Waals surface area contributed by atoms with Gasteiger partial charge in [0.15, 0.2) is 5.84 Å². The first-order valence-corrected chi connectivity index (χ1v) is 9.21. The lowest BCUT2D eigenvalue weighted by Gasteiger charge is -2.28. The maximum atomic E-state index is 13.2. The number of rotatable bonds is 3. The van der Waals surface area contributed by atoms with Crippen molar-refractivity contribution in [3.8, 4) is 0 Å². The topological polar surface area (TPSA) is 41.9 Å². The number of ether oxygens (including phenoxy) is 1. The van der Waals surface area contributed by atoms with Crippen molar-refractivity contribution in [2.45, 2.75) is 26.4 Å². The van der Waals surface area contributed by atoms with Crippen LogP contribution in [-0.2, 0) is 4.74 Å². The number of para-hydroxylation sites is 2. The number of benzene rings is 3. The lowest BCUT2D eigenvalue weighted by molar-refractivity contribution is 0.0604. The zero-order valence-corrected chi connectivity index (χ0v) is 16.4. The second-order valence-corrected chi connectivity index (χ2v) is 7.29. The highest BCUT2D eigenvalue weighted by atomic mass is 16.6. The smallest absolute Gasteiger partial charge is 0.420 e. The summed E-state index contributed by atoms with van der Waals surface area (Å²) in [5, 5.41) is 0. The van der Waals surface area contributed by atoms with Gasteiger partial charge in [0.2, 0.25) is 0 Å². The fourth-order valence-corrected chi connectivity index (χ4v) is 2.65. The molecule has 0 N–H and O–H groups in total. The molecule has 0 aliphatic heterocycles. The molecule has 0 bridgehead atoms. The zero-order chi connectivity index (χ0) is 20.0. The number of nitrogens with zero attached hydrogens (tertiary/aromatic N) is 2. The highest BCUT2D eigenvalue weighted by Crippen LogP contribution is 2.24.